The summed E-state index contributed by atoms with van der Waals surface area (Å²) in [5.74, 6) is 0.116. The molecule has 3 amide bonds. The summed E-state index contributed by atoms with van der Waals surface area (Å²) >= 11 is 0. The normalized spacial score (nSPS) is 39.7. The number of nitrogens with one attached hydrogen (secondary N) is 2. The van der Waals surface area contributed by atoms with Crippen molar-refractivity contribution < 1.29 is 19.1 Å². The summed E-state index contributed by atoms with van der Waals surface area (Å²) < 4.78 is 6.59. The van der Waals surface area contributed by atoms with Gasteiger partial charge in [0.2, 0.25) is 17.7 Å². The molecule has 3 heterocycles. The molecule has 1 spiro atoms. The zero-order chi connectivity index (χ0) is 29.1. The van der Waals surface area contributed by atoms with Crippen LogP contribution in [0.25, 0.3) is 0 Å². The molecule has 7 heteroatoms. The standard InChI is InChI=1S/C34H47N3O4/c1-19(2)23-11-13-24(14-12-23)35-31(38)28-27-17-18-34(41-27)29(28)33(40)37(25-15-9-20(3)10-16-25)30(34)32(39)36-26-8-6-7-21(4)22(26)5/h11-14,17-22,25-30H,6-10,15-16H2,1-5H3,(H,35,38)(H,36,39)/t20?,21-,22+,25?,26+,27+,28+,29+,30-,34-/m0/s1. The molecular formula is C34H47N3O4. The number of hydrogen-bond donors (Lipinski definition) is 2. The number of ether oxygens (including phenoxy) is 1. The van der Waals surface area contributed by atoms with Gasteiger partial charge in [-0.2, -0.15) is 0 Å². The topological polar surface area (TPSA) is 87.7 Å². The molecule has 1 aromatic rings. The Morgan fingerprint density at radius 3 is 2.37 bits per heavy atom. The van der Waals surface area contributed by atoms with Crippen molar-refractivity contribution in [3.8, 4) is 0 Å². The van der Waals surface area contributed by atoms with Gasteiger partial charge in [-0.1, -0.05) is 71.7 Å². The van der Waals surface area contributed by atoms with E-state index in [1.807, 2.05) is 41.3 Å². The minimum absolute atomic E-state index is 0.0135. The van der Waals surface area contributed by atoms with Gasteiger partial charge in [-0.25, -0.2) is 0 Å². The van der Waals surface area contributed by atoms with Crippen molar-refractivity contribution in [2.24, 2.45) is 29.6 Å². The number of benzene rings is 1. The van der Waals surface area contributed by atoms with Crippen molar-refractivity contribution in [2.75, 3.05) is 5.32 Å². The van der Waals surface area contributed by atoms with E-state index < -0.39 is 29.6 Å². The van der Waals surface area contributed by atoms with Gasteiger partial charge in [0.15, 0.2) is 0 Å². The Labute approximate surface area is 244 Å². The Hall–Kier alpha value is -2.67. The summed E-state index contributed by atoms with van der Waals surface area (Å²) in [6, 6.07) is 7.20. The van der Waals surface area contributed by atoms with Crippen LogP contribution in [0.5, 0.6) is 0 Å². The summed E-state index contributed by atoms with van der Waals surface area (Å²) in [6.45, 7) is 11.0. The van der Waals surface area contributed by atoms with Gasteiger partial charge in [-0.15, -0.1) is 0 Å². The fourth-order valence-corrected chi connectivity index (χ4v) is 8.34. The quantitative estimate of drug-likeness (QED) is 0.454. The van der Waals surface area contributed by atoms with Crippen LogP contribution in [-0.4, -0.2) is 52.5 Å². The maximum Gasteiger partial charge on any atom is 0.246 e. The molecule has 6 rings (SSSR count). The van der Waals surface area contributed by atoms with Crippen LogP contribution in [0, 0.1) is 29.6 Å². The minimum atomic E-state index is -1.11. The SMILES string of the molecule is CC1CCC(N2C(=O)[C@H]3[C@H](C(=O)Nc4ccc(C(C)C)cc4)[C@H]4C=C[C@@]3(O4)[C@@H]2C(=O)N[C@@H]2CCC[C@H](C)[C@H]2C)CC1. The summed E-state index contributed by atoms with van der Waals surface area (Å²) in [7, 11) is 0. The van der Waals surface area contributed by atoms with E-state index in [2.05, 4.69) is 45.3 Å². The van der Waals surface area contributed by atoms with Gasteiger partial charge in [0.05, 0.1) is 17.9 Å². The number of amides is 3. The average Bonchev–Trinajstić information content (AvgIpc) is 3.59. The van der Waals surface area contributed by atoms with Crippen molar-refractivity contribution in [2.45, 2.75) is 115 Å². The van der Waals surface area contributed by atoms with E-state index in [4.69, 9.17) is 4.74 Å². The molecule has 5 aliphatic rings. The third-order valence-corrected chi connectivity index (χ3v) is 11.1. The molecule has 2 aliphatic carbocycles. The molecule has 2 saturated carbocycles. The number of hydrogen-bond acceptors (Lipinski definition) is 4. The van der Waals surface area contributed by atoms with Gasteiger partial charge in [-0.3, -0.25) is 14.4 Å². The van der Waals surface area contributed by atoms with Crippen molar-refractivity contribution in [3.63, 3.8) is 0 Å². The average molecular weight is 562 g/mol. The van der Waals surface area contributed by atoms with E-state index in [1.54, 1.807) is 0 Å². The number of rotatable bonds is 6. The summed E-state index contributed by atoms with van der Waals surface area (Å²) in [5, 5.41) is 6.44. The lowest BCUT2D eigenvalue weighted by Gasteiger charge is -2.41. The lowest BCUT2D eigenvalue weighted by molar-refractivity contribution is -0.145. The Morgan fingerprint density at radius 2 is 1.68 bits per heavy atom. The smallest absolute Gasteiger partial charge is 0.246 e. The fraction of sp³-hybridized carbons (Fsp3) is 0.676. The van der Waals surface area contributed by atoms with Gasteiger partial charge < -0.3 is 20.3 Å². The number of fused-ring (bicyclic) bond motifs is 1. The molecule has 3 aliphatic heterocycles. The second kappa shape index (κ2) is 10.9. The van der Waals surface area contributed by atoms with E-state index in [0.717, 1.165) is 38.5 Å². The first-order chi connectivity index (χ1) is 19.6. The van der Waals surface area contributed by atoms with Crippen LogP contribution in [0.2, 0.25) is 0 Å². The van der Waals surface area contributed by atoms with Crippen LogP contribution >= 0.6 is 0 Å². The molecule has 41 heavy (non-hydrogen) atoms. The lowest BCUT2D eigenvalue weighted by atomic mass is 9.73. The first kappa shape index (κ1) is 28.4. The van der Waals surface area contributed by atoms with Crippen molar-refractivity contribution in [1.29, 1.82) is 0 Å². The second-order valence-electron chi connectivity index (χ2n) is 14.0. The third-order valence-electron chi connectivity index (χ3n) is 11.1. The first-order valence-corrected chi connectivity index (χ1v) is 16.0. The fourth-order valence-electron chi connectivity index (χ4n) is 8.34. The Bertz CT molecular complexity index is 1200. The molecule has 222 valence electrons. The zero-order valence-electron chi connectivity index (χ0n) is 25.3. The largest absolute Gasteiger partial charge is 0.359 e. The summed E-state index contributed by atoms with van der Waals surface area (Å²) in [4.78, 5) is 44.4. The molecule has 1 aromatic carbocycles. The highest BCUT2D eigenvalue weighted by molar-refractivity contribution is 6.03. The van der Waals surface area contributed by atoms with Crippen LogP contribution in [0.1, 0.15) is 91.0 Å². The van der Waals surface area contributed by atoms with Gasteiger partial charge in [0.1, 0.15) is 11.6 Å². The maximum atomic E-state index is 14.4. The third kappa shape index (κ3) is 4.82. The first-order valence-electron chi connectivity index (χ1n) is 16.0. The summed E-state index contributed by atoms with van der Waals surface area (Å²) in [6.07, 6.45) is 10.4. The highest BCUT2D eigenvalue weighted by Gasteiger charge is 2.73. The van der Waals surface area contributed by atoms with E-state index in [-0.39, 0.29) is 29.8 Å². The van der Waals surface area contributed by atoms with Crippen molar-refractivity contribution in [3.05, 3.63) is 42.0 Å². The Kier molecular flexibility index (Phi) is 7.54. The number of carbonyl (C=O) groups excluding carboxylic acids is 3. The van der Waals surface area contributed by atoms with Crippen LogP contribution in [0.4, 0.5) is 5.69 Å². The van der Waals surface area contributed by atoms with E-state index in [1.165, 1.54) is 12.0 Å². The van der Waals surface area contributed by atoms with Crippen molar-refractivity contribution >= 4 is 23.4 Å². The van der Waals surface area contributed by atoms with Crippen LogP contribution < -0.4 is 10.6 Å². The highest BCUT2D eigenvalue weighted by Crippen LogP contribution is 2.56. The molecule has 8 atom stereocenters. The Balaban J connectivity index is 1.29. The van der Waals surface area contributed by atoms with Crippen LogP contribution in [0.3, 0.4) is 0 Å². The second-order valence-corrected chi connectivity index (χ2v) is 14.0. The van der Waals surface area contributed by atoms with Crippen LogP contribution in [0.15, 0.2) is 36.4 Å². The molecule has 2 N–H and O–H groups in total. The zero-order valence-corrected chi connectivity index (χ0v) is 25.3. The predicted molar refractivity (Wildman–Crippen MR) is 159 cm³/mol. The molecule has 2 saturated heterocycles. The maximum absolute atomic E-state index is 14.4. The van der Waals surface area contributed by atoms with Gasteiger partial charge in [0.25, 0.3) is 0 Å². The van der Waals surface area contributed by atoms with Crippen molar-refractivity contribution in [1.82, 2.24) is 10.2 Å². The Morgan fingerprint density at radius 1 is 0.976 bits per heavy atom. The molecule has 0 unspecified atom stereocenters. The predicted octanol–water partition coefficient (Wildman–Crippen LogP) is 5.42. The lowest BCUT2D eigenvalue weighted by Crippen LogP contribution is -2.59. The number of carbonyl (C=O) groups is 3. The van der Waals surface area contributed by atoms with E-state index >= 15 is 0 Å². The molecular weight excluding hydrogens is 514 g/mol. The van der Waals surface area contributed by atoms with Gasteiger partial charge >= 0.3 is 0 Å². The van der Waals surface area contributed by atoms with Gasteiger partial charge in [0, 0.05) is 17.8 Å². The van der Waals surface area contributed by atoms with E-state index in [9.17, 15) is 14.4 Å². The van der Waals surface area contributed by atoms with E-state index in [0.29, 0.717) is 29.4 Å². The number of nitrogens with zero attached hydrogens (tertiary/aromatic N) is 1. The molecule has 4 fully saturated rings. The molecule has 2 bridgehead atoms. The molecule has 7 nitrogen and oxygen atoms in total. The number of likely N-dealkylation sites (tertiary alicyclic amines) is 1. The highest BCUT2D eigenvalue weighted by atomic mass is 16.5. The summed E-state index contributed by atoms with van der Waals surface area (Å²) in [5.41, 5.74) is 0.799. The molecule has 0 aromatic heterocycles. The monoisotopic (exact) mass is 561 g/mol. The van der Waals surface area contributed by atoms with Gasteiger partial charge in [-0.05, 0) is 73.5 Å². The minimum Gasteiger partial charge on any atom is -0.359 e. The number of anilines is 1. The molecule has 0 radical (unpaired) electrons. The van der Waals surface area contributed by atoms with Crippen LogP contribution in [-0.2, 0) is 19.1 Å².